The van der Waals surface area contributed by atoms with Crippen molar-refractivity contribution < 1.29 is 14.4 Å². The number of halogens is 2. The summed E-state index contributed by atoms with van der Waals surface area (Å²) < 4.78 is 0. The number of rotatable bonds is 5. The molecule has 4 amide bonds. The lowest BCUT2D eigenvalue weighted by molar-refractivity contribution is -0.136. The molecule has 2 N–H and O–H groups in total. The van der Waals surface area contributed by atoms with Crippen molar-refractivity contribution in [2.75, 3.05) is 41.8 Å². The first-order valence-corrected chi connectivity index (χ1v) is 13.1. The summed E-state index contributed by atoms with van der Waals surface area (Å²) in [6.07, 6.45) is 0.891. The summed E-state index contributed by atoms with van der Waals surface area (Å²) in [4.78, 5) is 45.0. The molecule has 0 aliphatic carbocycles. The van der Waals surface area contributed by atoms with Gasteiger partial charge in [-0.25, -0.2) is 4.79 Å². The van der Waals surface area contributed by atoms with Gasteiger partial charge in [0.1, 0.15) is 12.1 Å². The molecule has 1 spiro atoms. The van der Waals surface area contributed by atoms with Crippen molar-refractivity contribution in [3.63, 3.8) is 0 Å². The summed E-state index contributed by atoms with van der Waals surface area (Å²) in [5, 5.41) is 6.82. The highest BCUT2D eigenvalue weighted by atomic mass is 35.5. The predicted octanol–water partition coefficient (Wildman–Crippen LogP) is 5.30. The second-order valence-corrected chi connectivity index (χ2v) is 10.3. The first-order valence-electron chi connectivity index (χ1n) is 12.3. The number of para-hydroxylation sites is 1. The SMILES string of the molecule is O=C(CN1CN(c2ccccc2)C2(CCN(C(=O)Nc3ccc(Cl)cc3)CC2)C1=O)Nc1cccc(Cl)c1. The summed E-state index contributed by atoms with van der Waals surface area (Å²) in [7, 11) is 0. The largest absolute Gasteiger partial charge is 0.339 e. The molecule has 0 aromatic heterocycles. The number of amides is 4. The van der Waals surface area contributed by atoms with Crippen LogP contribution < -0.4 is 15.5 Å². The summed E-state index contributed by atoms with van der Waals surface area (Å²) in [5.74, 6) is -0.411. The van der Waals surface area contributed by atoms with Gasteiger partial charge in [0.25, 0.3) is 5.91 Å². The van der Waals surface area contributed by atoms with E-state index in [4.69, 9.17) is 23.2 Å². The fourth-order valence-corrected chi connectivity index (χ4v) is 5.39. The fourth-order valence-electron chi connectivity index (χ4n) is 5.08. The summed E-state index contributed by atoms with van der Waals surface area (Å²) in [5.41, 5.74) is 1.29. The topological polar surface area (TPSA) is 85.0 Å². The summed E-state index contributed by atoms with van der Waals surface area (Å²) in [6.45, 7) is 0.994. The van der Waals surface area contributed by atoms with E-state index in [-0.39, 0.29) is 31.1 Å². The van der Waals surface area contributed by atoms with Gasteiger partial charge < -0.3 is 25.3 Å². The smallest absolute Gasteiger partial charge is 0.321 e. The van der Waals surface area contributed by atoms with Gasteiger partial charge in [-0.05, 0) is 67.4 Å². The molecule has 0 bridgehead atoms. The number of likely N-dealkylation sites (tertiary alicyclic amines) is 1. The van der Waals surface area contributed by atoms with Crippen LogP contribution in [0.25, 0.3) is 0 Å². The fraction of sp³-hybridized carbons (Fsp3) is 0.250. The van der Waals surface area contributed by atoms with E-state index in [2.05, 4.69) is 15.5 Å². The van der Waals surface area contributed by atoms with Crippen LogP contribution in [0.5, 0.6) is 0 Å². The Kier molecular flexibility index (Phi) is 7.44. The Bertz CT molecular complexity index is 1330. The van der Waals surface area contributed by atoms with Crippen LogP contribution in [0.2, 0.25) is 10.0 Å². The molecular weight excluding hydrogens is 525 g/mol. The molecule has 2 heterocycles. The average molecular weight is 552 g/mol. The molecule has 5 rings (SSSR count). The molecule has 0 saturated carbocycles. The molecule has 2 aliphatic rings. The Labute approximate surface area is 231 Å². The lowest BCUT2D eigenvalue weighted by atomic mass is 9.85. The second kappa shape index (κ2) is 10.9. The Morgan fingerprint density at radius 1 is 0.816 bits per heavy atom. The number of anilines is 3. The number of carbonyl (C=O) groups is 3. The highest BCUT2D eigenvalue weighted by Crippen LogP contribution is 2.39. The van der Waals surface area contributed by atoms with E-state index in [0.29, 0.717) is 47.4 Å². The van der Waals surface area contributed by atoms with Crippen LogP contribution in [0.15, 0.2) is 78.9 Å². The zero-order chi connectivity index (χ0) is 26.7. The maximum Gasteiger partial charge on any atom is 0.321 e. The van der Waals surface area contributed by atoms with E-state index in [1.54, 1.807) is 58.3 Å². The van der Waals surface area contributed by atoms with Crippen molar-refractivity contribution in [2.24, 2.45) is 0 Å². The number of carbonyl (C=O) groups excluding carboxylic acids is 3. The van der Waals surface area contributed by atoms with Gasteiger partial charge in [-0.3, -0.25) is 9.59 Å². The average Bonchev–Trinajstić information content (AvgIpc) is 3.17. The number of nitrogens with one attached hydrogen (secondary N) is 2. The molecule has 196 valence electrons. The van der Waals surface area contributed by atoms with Crippen molar-refractivity contribution in [1.82, 2.24) is 9.80 Å². The zero-order valence-corrected chi connectivity index (χ0v) is 22.1. The normalized spacial score (nSPS) is 16.6. The lowest BCUT2D eigenvalue weighted by Crippen LogP contribution is -2.58. The summed E-state index contributed by atoms with van der Waals surface area (Å²) in [6, 6.07) is 23.3. The van der Waals surface area contributed by atoms with E-state index in [9.17, 15) is 14.4 Å². The Morgan fingerprint density at radius 2 is 1.53 bits per heavy atom. The molecule has 2 aliphatic heterocycles. The standard InChI is InChI=1S/C28H27Cl2N5O3/c29-20-9-11-22(12-10-20)32-27(38)33-15-13-28(14-16-33)26(37)34(19-35(28)24-7-2-1-3-8-24)18-25(36)31-23-6-4-5-21(30)17-23/h1-12,17H,13-16,18-19H2,(H,31,36)(H,32,38). The number of hydrogen-bond donors (Lipinski definition) is 2. The maximum absolute atomic E-state index is 13.9. The third kappa shape index (κ3) is 5.42. The van der Waals surface area contributed by atoms with E-state index in [0.717, 1.165) is 5.69 Å². The van der Waals surface area contributed by atoms with Crippen LogP contribution in [-0.2, 0) is 9.59 Å². The lowest BCUT2D eigenvalue weighted by Gasteiger charge is -2.43. The Morgan fingerprint density at radius 3 is 2.21 bits per heavy atom. The van der Waals surface area contributed by atoms with Crippen molar-refractivity contribution in [3.05, 3.63) is 88.9 Å². The van der Waals surface area contributed by atoms with Crippen LogP contribution in [0.4, 0.5) is 21.9 Å². The van der Waals surface area contributed by atoms with Gasteiger partial charge in [0.15, 0.2) is 0 Å². The van der Waals surface area contributed by atoms with E-state index in [1.807, 2.05) is 30.3 Å². The molecule has 10 heteroatoms. The minimum absolute atomic E-state index is 0.0861. The maximum atomic E-state index is 13.9. The number of urea groups is 1. The monoisotopic (exact) mass is 551 g/mol. The van der Waals surface area contributed by atoms with Crippen molar-refractivity contribution >= 4 is 58.1 Å². The highest BCUT2D eigenvalue weighted by Gasteiger charge is 2.54. The van der Waals surface area contributed by atoms with Gasteiger partial charge in [-0.15, -0.1) is 0 Å². The molecule has 3 aromatic carbocycles. The van der Waals surface area contributed by atoms with Gasteiger partial charge in [0, 0.05) is 40.2 Å². The minimum atomic E-state index is -0.839. The van der Waals surface area contributed by atoms with Crippen molar-refractivity contribution in [3.8, 4) is 0 Å². The molecule has 0 atom stereocenters. The quantitative estimate of drug-likeness (QED) is 0.450. The van der Waals surface area contributed by atoms with Crippen LogP contribution in [0.3, 0.4) is 0 Å². The van der Waals surface area contributed by atoms with Crippen LogP contribution in [0.1, 0.15) is 12.8 Å². The Hall–Kier alpha value is -3.75. The van der Waals surface area contributed by atoms with Gasteiger partial charge in [0.05, 0.1) is 6.67 Å². The molecule has 3 aromatic rings. The summed E-state index contributed by atoms with van der Waals surface area (Å²) >= 11 is 12.0. The predicted molar refractivity (Wildman–Crippen MR) is 150 cm³/mol. The van der Waals surface area contributed by atoms with Crippen LogP contribution in [0, 0.1) is 0 Å². The number of hydrogen-bond acceptors (Lipinski definition) is 4. The highest BCUT2D eigenvalue weighted by molar-refractivity contribution is 6.31. The minimum Gasteiger partial charge on any atom is -0.339 e. The van der Waals surface area contributed by atoms with Crippen molar-refractivity contribution in [1.29, 1.82) is 0 Å². The molecule has 2 fully saturated rings. The van der Waals surface area contributed by atoms with Gasteiger partial charge in [0.2, 0.25) is 5.91 Å². The third-order valence-electron chi connectivity index (χ3n) is 7.00. The Balaban J connectivity index is 1.30. The molecule has 8 nitrogen and oxygen atoms in total. The molecule has 0 unspecified atom stereocenters. The van der Waals surface area contributed by atoms with Gasteiger partial charge in [-0.2, -0.15) is 0 Å². The van der Waals surface area contributed by atoms with Crippen molar-refractivity contribution in [2.45, 2.75) is 18.4 Å². The first-order chi connectivity index (χ1) is 18.3. The molecule has 2 saturated heterocycles. The van der Waals surface area contributed by atoms with E-state index in [1.165, 1.54) is 0 Å². The molecular formula is C28H27Cl2N5O3. The zero-order valence-electron chi connectivity index (χ0n) is 20.6. The van der Waals surface area contributed by atoms with Gasteiger partial charge in [-0.1, -0.05) is 47.5 Å². The van der Waals surface area contributed by atoms with E-state index < -0.39 is 5.54 Å². The molecule has 0 radical (unpaired) electrons. The first kappa shape index (κ1) is 25.9. The van der Waals surface area contributed by atoms with Gasteiger partial charge >= 0.3 is 6.03 Å². The molecule has 38 heavy (non-hydrogen) atoms. The van der Waals surface area contributed by atoms with Crippen LogP contribution >= 0.6 is 23.2 Å². The van der Waals surface area contributed by atoms with Crippen LogP contribution in [-0.4, -0.2) is 59.5 Å². The van der Waals surface area contributed by atoms with E-state index >= 15 is 0 Å². The number of benzene rings is 3. The number of nitrogens with zero attached hydrogens (tertiary/aromatic N) is 3. The third-order valence-corrected chi connectivity index (χ3v) is 7.49. The number of piperidine rings is 1. The second-order valence-electron chi connectivity index (χ2n) is 9.42.